The van der Waals surface area contributed by atoms with Gasteiger partial charge in [0, 0.05) is 13.1 Å². The fraction of sp³-hybridized carbons (Fsp3) is 0.600. The van der Waals surface area contributed by atoms with E-state index in [9.17, 15) is 9.59 Å². The first kappa shape index (κ1) is 17.9. The zero-order valence-electron chi connectivity index (χ0n) is 15.4. The summed E-state index contributed by atoms with van der Waals surface area (Å²) in [6.07, 6.45) is 1.61. The van der Waals surface area contributed by atoms with Crippen LogP contribution in [0.3, 0.4) is 0 Å². The van der Waals surface area contributed by atoms with Gasteiger partial charge in [0.05, 0.1) is 30.7 Å². The molecule has 0 bridgehead atoms. The van der Waals surface area contributed by atoms with Gasteiger partial charge in [0.1, 0.15) is 0 Å². The molecule has 136 valence electrons. The Morgan fingerprint density at radius 2 is 1.84 bits per heavy atom. The van der Waals surface area contributed by atoms with Gasteiger partial charge in [0.25, 0.3) is 0 Å². The second-order valence-corrected chi connectivity index (χ2v) is 7.60. The Bertz CT molecular complexity index is 621. The monoisotopic (exact) mass is 344 g/mol. The highest BCUT2D eigenvalue weighted by molar-refractivity contribution is 5.89. The maximum Gasteiger partial charge on any atom is 0.309 e. The van der Waals surface area contributed by atoms with E-state index in [1.165, 1.54) is 5.56 Å². The number of benzene rings is 1. The molecule has 5 nitrogen and oxygen atoms in total. The van der Waals surface area contributed by atoms with Gasteiger partial charge in [0.2, 0.25) is 5.91 Å². The number of likely N-dealkylation sites (tertiary alicyclic amines) is 2. The lowest BCUT2D eigenvalue weighted by atomic mass is 9.71. The number of piperidine rings is 1. The lowest BCUT2D eigenvalue weighted by Crippen LogP contribution is -2.63. The third kappa shape index (κ3) is 3.43. The summed E-state index contributed by atoms with van der Waals surface area (Å²) in [5, 5.41) is 0. The molecule has 2 aliphatic rings. The number of nitrogens with zero attached hydrogens (tertiary/aromatic N) is 2. The lowest BCUT2D eigenvalue weighted by molar-refractivity contribution is -0.175. The molecule has 0 aliphatic carbocycles. The number of esters is 1. The minimum Gasteiger partial charge on any atom is -0.466 e. The van der Waals surface area contributed by atoms with E-state index in [4.69, 9.17) is 4.74 Å². The smallest absolute Gasteiger partial charge is 0.309 e. The topological polar surface area (TPSA) is 49.9 Å². The van der Waals surface area contributed by atoms with Crippen molar-refractivity contribution in [3.63, 3.8) is 0 Å². The lowest BCUT2D eigenvalue weighted by Gasteiger charge is -2.54. The SMILES string of the molecule is CCOC(=O)C1CCN(CN2C(=O)C(C)(C)C2c2ccccc2)CC1. The Balaban J connectivity index is 1.61. The maximum absolute atomic E-state index is 12.6. The molecule has 2 saturated heterocycles. The molecule has 2 fully saturated rings. The number of carbonyl (C=O) groups is 2. The van der Waals surface area contributed by atoms with E-state index in [2.05, 4.69) is 17.0 Å². The van der Waals surface area contributed by atoms with Crippen LogP contribution in [0, 0.1) is 11.3 Å². The van der Waals surface area contributed by atoms with Gasteiger partial charge in [-0.3, -0.25) is 14.5 Å². The summed E-state index contributed by atoms with van der Waals surface area (Å²) >= 11 is 0. The molecular weight excluding hydrogens is 316 g/mol. The molecular formula is C20H28N2O3. The summed E-state index contributed by atoms with van der Waals surface area (Å²) in [5.74, 6) is 0.129. The summed E-state index contributed by atoms with van der Waals surface area (Å²) in [7, 11) is 0. The van der Waals surface area contributed by atoms with Crippen molar-refractivity contribution in [3.05, 3.63) is 35.9 Å². The van der Waals surface area contributed by atoms with Crippen LogP contribution >= 0.6 is 0 Å². The van der Waals surface area contributed by atoms with E-state index in [0.29, 0.717) is 13.3 Å². The summed E-state index contributed by atoms with van der Waals surface area (Å²) in [6.45, 7) is 8.62. The van der Waals surface area contributed by atoms with Crippen molar-refractivity contribution in [2.75, 3.05) is 26.4 Å². The van der Waals surface area contributed by atoms with Gasteiger partial charge in [-0.15, -0.1) is 0 Å². The summed E-state index contributed by atoms with van der Waals surface area (Å²) in [4.78, 5) is 28.7. The van der Waals surface area contributed by atoms with Crippen molar-refractivity contribution in [2.45, 2.75) is 39.7 Å². The van der Waals surface area contributed by atoms with Crippen molar-refractivity contribution in [2.24, 2.45) is 11.3 Å². The first-order chi connectivity index (χ1) is 11.9. The third-order valence-electron chi connectivity index (χ3n) is 5.48. The molecule has 0 N–H and O–H groups in total. The first-order valence-corrected chi connectivity index (χ1v) is 9.20. The molecule has 0 radical (unpaired) electrons. The standard InChI is InChI=1S/C20H28N2O3/c1-4-25-18(23)16-10-12-21(13-11-16)14-22-17(20(2,3)19(22)24)15-8-6-5-7-9-15/h5-9,16-17H,4,10-14H2,1-3H3. The van der Waals surface area contributed by atoms with Crippen molar-refractivity contribution < 1.29 is 14.3 Å². The minimum atomic E-state index is -0.357. The van der Waals surface area contributed by atoms with Crippen LogP contribution in [-0.2, 0) is 14.3 Å². The predicted molar refractivity (Wildman–Crippen MR) is 95.6 cm³/mol. The van der Waals surface area contributed by atoms with Crippen LogP contribution in [0.15, 0.2) is 30.3 Å². The molecule has 2 aliphatic heterocycles. The number of hydrogen-bond acceptors (Lipinski definition) is 4. The van der Waals surface area contributed by atoms with Crippen LogP contribution in [0.2, 0.25) is 0 Å². The van der Waals surface area contributed by atoms with Crippen LogP contribution in [0.25, 0.3) is 0 Å². The average molecular weight is 344 g/mol. The van der Waals surface area contributed by atoms with E-state index in [-0.39, 0.29) is 29.3 Å². The first-order valence-electron chi connectivity index (χ1n) is 9.20. The van der Waals surface area contributed by atoms with Gasteiger partial charge in [-0.2, -0.15) is 0 Å². The zero-order chi connectivity index (χ0) is 18.0. The minimum absolute atomic E-state index is 0.00431. The number of rotatable bonds is 5. The highest BCUT2D eigenvalue weighted by Crippen LogP contribution is 2.49. The van der Waals surface area contributed by atoms with Crippen molar-refractivity contribution in [1.82, 2.24) is 9.80 Å². The molecule has 0 aromatic heterocycles. The number of amides is 1. The van der Waals surface area contributed by atoms with Gasteiger partial charge < -0.3 is 9.64 Å². The van der Waals surface area contributed by atoms with Gasteiger partial charge in [0.15, 0.2) is 0 Å². The van der Waals surface area contributed by atoms with Gasteiger partial charge >= 0.3 is 5.97 Å². The van der Waals surface area contributed by atoms with Crippen molar-refractivity contribution >= 4 is 11.9 Å². The Kier molecular flexibility index (Phi) is 5.13. The molecule has 25 heavy (non-hydrogen) atoms. The molecule has 1 unspecified atom stereocenters. The van der Waals surface area contributed by atoms with E-state index in [1.54, 1.807) is 0 Å². The molecule has 3 rings (SSSR count). The Hall–Kier alpha value is -1.88. The molecule has 0 spiro atoms. The van der Waals surface area contributed by atoms with Crippen LogP contribution < -0.4 is 0 Å². The maximum atomic E-state index is 12.6. The van der Waals surface area contributed by atoms with Crippen molar-refractivity contribution in [3.8, 4) is 0 Å². The second-order valence-electron chi connectivity index (χ2n) is 7.60. The largest absolute Gasteiger partial charge is 0.466 e. The van der Waals surface area contributed by atoms with E-state index in [1.807, 2.05) is 43.9 Å². The highest BCUT2D eigenvalue weighted by atomic mass is 16.5. The molecule has 2 heterocycles. The van der Waals surface area contributed by atoms with Crippen LogP contribution in [0.4, 0.5) is 0 Å². The second kappa shape index (κ2) is 7.16. The summed E-state index contributed by atoms with van der Waals surface area (Å²) < 4.78 is 5.13. The van der Waals surface area contributed by atoms with Crippen molar-refractivity contribution in [1.29, 1.82) is 0 Å². The van der Waals surface area contributed by atoms with Crippen LogP contribution in [0.1, 0.15) is 45.2 Å². The molecule has 1 atom stereocenters. The van der Waals surface area contributed by atoms with E-state index in [0.717, 1.165) is 25.9 Å². The summed E-state index contributed by atoms with van der Waals surface area (Å²) in [6, 6.07) is 10.4. The Morgan fingerprint density at radius 1 is 1.20 bits per heavy atom. The third-order valence-corrected chi connectivity index (χ3v) is 5.48. The highest BCUT2D eigenvalue weighted by Gasteiger charge is 2.54. The number of hydrogen-bond donors (Lipinski definition) is 0. The molecule has 5 heteroatoms. The number of carbonyl (C=O) groups excluding carboxylic acids is 2. The quantitative estimate of drug-likeness (QED) is 0.609. The van der Waals surface area contributed by atoms with Gasteiger partial charge in [-0.1, -0.05) is 30.3 Å². The summed E-state index contributed by atoms with van der Waals surface area (Å²) in [5.41, 5.74) is 0.832. The number of ether oxygens (including phenoxy) is 1. The zero-order valence-corrected chi connectivity index (χ0v) is 15.4. The van der Waals surface area contributed by atoms with Gasteiger partial charge in [-0.05, 0) is 39.2 Å². The fourth-order valence-corrected chi connectivity index (χ4v) is 4.09. The fourth-order valence-electron chi connectivity index (χ4n) is 4.09. The molecule has 1 amide bonds. The van der Waals surface area contributed by atoms with E-state index < -0.39 is 0 Å². The Labute approximate surface area is 149 Å². The molecule has 1 aromatic rings. The van der Waals surface area contributed by atoms with Crippen LogP contribution in [-0.4, -0.2) is 48.0 Å². The molecule has 0 saturated carbocycles. The normalized spacial score (nSPS) is 24.0. The predicted octanol–water partition coefficient (Wildman–Crippen LogP) is 2.83. The Morgan fingerprint density at radius 3 is 2.44 bits per heavy atom. The average Bonchev–Trinajstić information content (AvgIpc) is 2.62. The number of β-lactam (4-membered cyclic amide) rings is 1. The van der Waals surface area contributed by atoms with Gasteiger partial charge in [-0.25, -0.2) is 0 Å². The van der Waals surface area contributed by atoms with Crippen LogP contribution in [0.5, 0.6) is 0 Å². The molecule has 1 aromatic carbocycles. The van der Waals surface area contributed by atoms with E-state index >= 15 is 0 Å².